The first kappa shape index (κ1) is 19.7. The lowest BCUT2D eigenvalue weighted by atomic mass is 9.83. The van der Waals surface area contributed by atoms with Gasteiger partial charge >= 0.3 is 0 Å². The van der Waals surface area contributed by atoms with Crippen LogP contribution in [-0.4, -0.2) is 23.7 Å². The van der Waals surface area contributed by atoms with Crippen molar-refractivity contribution in [1.29, 1.82) is 0 Å². The normalized spacial score (nSPS) is 17.3. The second-order valence-corrected chi connectivity index (χ2v) is 9.35. The minimum Gasteiger partial charge on any atom is -0.487 e. The van der Waals surface area contributed by atoms with E-state index in [4.69, 9.17) is 4.74 Å². The second kappa shape index (κ2) is 8.83. The molecule has 0 aliphatic carbocycles. The van der Waals surface area contributed by atoms with Crippen molar-refractivity contribution >= 4 is 11.8 Å². The fourth-order valence-electron chi connectivity index (χ4n) is 4.49. The zero-order valence-corrected chi connectivity index (χ0v) is 18.1. The van der Waals surface area contributed by atoms with Gasteiger partial charge in [-0.15, -0.1) is 0 Å². The summed E-state index contributed by atoms with van der Waals surface area (Å²) in [6.45, 7) is 2.14. The van der Waals surface area contributed by atoms with Crippen molar-refractivity contribution in [3.8, 4) is 16.9 Å². The number of aromatic nitrogens is 1. The lowest BCUT2D eigenvalue weighted by Gasteiger charge is -2.41. The summed E-state index contributed by atoms with van der Waals surface area (Å²) in [6, 6.07) is 21.8. The molecular weight excluding hydrogens is 388 g/mol. The zero-order valence-electron chi connectivity index (χ0n) is 17.3. The van der Waals surface area contributed by atoms with Crippen LogP contribution in [-0.2, 0) is 17.9 Å². The topological polar surface area (TPSA) is 34.1 Å². The fourth-order valence-corrected chi connectivity index (χ4v) is 5.40. The van der Waals surface area contributed by atoms with Crippen LogP contribution in [0.1, 0.15) is 36.1 Å². The Morgan fingerprint density at radius 3 is 2.53 bits per heavy atom. The number of hydrogen-bond donors (Lipinski definition) is 1. The summed E-state index contributed by atoms with van der Waals surface area (Å²) in [5, 5.41) is 3.45. The third kappa shape index (κ3) is 4.40. The largest absolute Gasteiger partial charge is 0.487 e. The molecule has 0 unspecified atom stereocenters. The summed E-state index contributed by atoms with van der Waals surface area (Å²) in [5.74, 6) is 3.05. The highest BCUT2D eigenvalue weighted by Gasteiger charge is 2.37. The second-order valence-electron chi connectivity index (χ2n) is 8.37. The van der Waals surface area contributed by atoms with E-state index in [-0.39, 0.29) is 5.60 Å². The third-order valence-electron chi connectivity index (χ3n) is 6.28. The number of fused-ring (bicyclic) bond motifs is 1. The standard InChI is InChI=1S/C26H28N2OS/c1-2-14-28-24(3-1)19-30-18-20-4-6-21(7-5-20)22-8-9-25-23(17-22)10-11-26(29-25)12-15-27-16-13-26/h1-9,14,17,27H,10-13,15-16,18-19H2. The molecule has 1 fully saturated rings. The summed E-state index contributed by atoms with van der Waals surface area (Å²) in [7, 11) is 0. The third-order valence-corrected chi connectivity index (χ3v) is 7.32. The predicted octanol–water partition coefficient (Wildman–Crippen LogP) is 5.63. The van der Waals surface area contributed by atoms with Crippen LogP contribution >= 0.6 is 11.8 Å². The molecular formula is C26H28N2OS. The van der Waals surface area contributed by atoms with E-state index < -0.39 is 0 Å². The van der Waals surface area contributed by atoms with E-state index in [1.807, 2.05) is 30.1 Å². The average Bonchev–Trinajstić information content (AvgIpc) is 2.80. The van der Waals surface area contributed by atoms with Gasteiger partial charge in [0.05, 0.1) is 5.69 Å². The lowest BCUT2D eigenvalue weighted by molar-refractivity contribution is 0.0170. The number of piperidine rings is 1. The molecule has 1 aromatic heterocycles. The Labute approximate surface area is 183 Å². The van der Waals surface area contributed by atoms with Crippen molar-refractivity contribution in [1.82, 2.24) is 10.3 Å². The van der Waals surface area contributed by atoms with Crippen molar-refractivity contribution < 1.29 is 4.74 Å². The summed E-state index contributed by atoms with van der Waals surface area (Å²) in [4.78, 5) is 4.39. The molecule has 1 saturated heterocycles. The van der Waals surface area contributed by atoms with E-state index >= 15 is 0 Å². The minimum absolute atomic E-state index is 0.0638. The molecule has 30 heavy (non-hydrogen) atoms. The van der Waals surface area contributed by atoms with E-state index in [9.17, 15) is 0 Å². The molecule has 3 nitrogen and oxygen atoms in total. The van der Waals surface area contributed by atoms with E-state index in [1.54, 1.807) is 0 Å². The Balaban J connectivity index is 1.23. The van der Waals surface area contributed by atoms with Gasteiger partial charge in [-0.3, -0.25) is 4.98 Å². The van der Waals surface area contributed by atoms with Crippen molar-refractivity contribution in [3.05, 3.63) is 83.7 Å². The molecule has 2 aromatic carbocycles. The first-order valence-electron chi connectivity index (χ1n) is 10.9. The van der Waals surface area contributed by atoms with E-state index in [1.165, 1.54) is 22.3 Å². The Bertz CT molecular complexity index is 982. The smallest absolute Gasteiger partial charge is 0.123 e. The lowest BCUT2D eigenvalue weighted by Crippen LogP contribution is -2.48. The van der Waals surface area contributed by atoms with Crippen molar-refractivity contribution in [2.24, 2.45) is 0 Å². The summed E-state index contributed by atoms with van der Waals surface area (Å²) in [6.07, 6.45) is 6.35. The summed E-state index contributed by atoms with van der Waals surface area (Å²) < 4.78 is 6.50. The van der Waals surface area contributed by atoms with Gasteiger partial charge in [0.25, 0.3) is 0 Å². The van der Waals surface area contributed by atoms with E-state index in [0.717, 1.165) is 61.7 Å². The molecule has 3 heterocycles. The Hall–Kier alpha value is -2.30. The van der Waals surface area contributed by atoms with E-state index in [2.05, 4.69) is 58.8 Å². The molecule has 0 radical (unpaired) electrons. The molecule has 0 bridgehead atoms. The van der Waals surface area contributed by atoms with Crippen LogP contribution in [0.3, 0.4) is 0 Å². The molecule has 0 atom stereocenters. The fraction of sp³-hybridized carbons (Fsp3) is 0.346. The van der Waals surface area contributed by atoms with Gasteiger partial charge in [0.2, 0.25) is 0 Å². The van der Waals surface area contributed by atoms with Crippen LogP contribution in [0, 0.1) is 0 Å². The maximum atomic E-state index is 6.50. The van der Waals surface area contributed by atoms with Crippen molar-refractivity contribution in [2.45, 2.75) is 42.8 Å². The Morgan fingerprint density at radius 2 is 1.73 bits per heavy atom. The average molecular weight is 417 g/mol. The van der Waals surface area contributed by atoms with E-state index in [0.29, 0.717) is 0 Å². The first-order chi connectivity index (χ1) is 14.8. The number of rotatable bonds is 5. The molecule has 4 heteroatoms. The number of benzene rings is 2. The van der Waals surface area contributed by atoms with Crippen LogP contribution in [0.5, 0.6) is 5.75 Å². The molecule has 2 aliphatic heterocycles. The van der Waals surface area contributed by atoms with Crippen molar-refractivity contribution in [2.75, 3.05) is 13.1 Å². The van der Waals surface area contributed by atoms with Gasteiger partial charge < -0.3 is 10.1 Å². The minimum atomic E-state index is 0.0638. The highest BCUT2D eigenvalue weighted by Crippen LogP contribution is 2.39. The van der Waals surface area contributed by atoms with Crippen LogP contribution < -0.4 is 10.1 Å². The first-order valence-corrected chi connectivity index (χ1v) is 12.0. The van der Waals surface area contributed by atoms with Gasteiger partial charge in [-0.05, 0) is 85.3 Å². The van der Waals surface area contributed by atoms with Crippen LogP contribution in [0.15, 0.2) is 66.9 Å². The number of aryl methyl sites for hydroxylation is 1. The quantitative estimate of drug-likeness (QED) is 0.585. The van der Waals surface area contributed by atoms with Gasteiger partial charge in [0.15, 0.2) is 0 Å². The maximum absolute atomic E-state index is 6.50. The van der Waals surface area contributed by atoms with Crippen LogP contribution in [0.2, 0.25) is 0 Å². The number of nitrogens with one attached hydrogen (secondary N) is 1. The number of thioether (sulfide) groups is 1. The van der Waals surface area contributed by atoms with Gasteiger partial charge in [0.1, 0.15) is 11.4 Å². The number of pyridine rings is 1. The molecule has 2 aliphatic rings. The maximum Gasteiger partial charge on any atom is 0.123 e. The molecule has 5 rings (SSSR count). The molecule has 1 spiro atoms. The highest BCUT2D eigenvalue weighted by atomic mass is 32.2. The summed E-state index contributed by atoms with van der Waals surface area (Å²) >= 11 is 1.91. The van der Waals surface area contributed by atoms with Gasteiger partial charge in [-0.1, -0.05) is 36.4 Å². The van der Waals surface area contributed by atoms with Gasteiger partial charge in [-0.2, -0.15) is 11.8 Å². The number of ether oxygens (including phenoxy) is 1. The molecule has 154 valence electrons. The SMILES string of the molecule is c1ccc(CSCc2ccc(-c3ccc4c(c3)CCC3(CCNCC3)O4)cc2)nc1. The molecule has 3 aromatic rings. The Kier molecular flexibility index (Phi) is 5.78. The highest BCUT2D eigenvalue weighted by molar-refractivity contribution is 7.97. The number of nitrogens with zero attached hydrogens (tertiary/aromatic N) is 1. The molecule has 0 amide bonds. The van der Waals surface area contributed by atoms with Crippen molar-refractivity contribution in [3.63, 3.8) is 0 Å². The van der Waals surface area contributed by atoms with Gasteiger partial charge in [0, 0.05) is 17.7 Å². The van der Waals surface area contributed by atoms with Crippen LogP contribution in [0.4, 0.5) is 0 Å². The zero-order chi connectivity index (χ0) is 20.2. The molecule has 0 saturated carbocycles. The van der Waals surface area contributed by atoms with Gasteiger partial charge in [-0.25, -0.2) is 0 Å². The summed E-state index contributed by atoms with van der Waals surface area (Å²) in [5.41, 5.74) is 6.47. The monoisotopic (exact) mass is 416 g/mol. The number of hydrogen-bond acceptors (Lipinski definition) is 4. The Morgan fingerprint density at radius 1 is 0.900 bits per heavy atom. The predicted molar refractivity (Wildman–Crippen MR) is 125 cm³/mol. The van der Waals surface area contributed by atoms with Crippen LogP contribution in [0.25, 0.3) is 11.1 Å². The molecule has 1 N–H and O–H groups in total.